The summed E-state index contributed by atoms with van der Waals surface area (Å²) in [6, 6.07) is 12.3. The van der Waals surface area contributed by atoms with Gasteiger partial charge in [0, 0.05) is 31.5 Å². The van der Waals surface area contributed by atoms with Crippen LogP contribution in [0.15, 0.2) is 55.0 Å². The van der Waals surface area contributed by atoms with E-state index in [2.05, 4.69) is 49.7 Å². The van der Waals surface area contributed by atoms with Crippen molar-refractivity contribution in [1.29, 1.82) is 0 Å². The Bertz CT molecular complexity index is 1090. The van der Waals surface area contributed by atoms with Gasteiger partial charge in [0.2, 0.25) is 0 Å². The van der Waals surface area contributed by atoms with E-state index in [0.29, 0.717) is 6.61 Å². The van der Waals surface area contributed by atoms with Crippen LogP contribution in [0.1, 0.15) is 17.7 Å². The molecule has 7 heteroatoms. The molecule has 142 valence electrons. The summed E-state index contributed by atoms with van der Waals surface area (Å²) in [6.45, 7) is 2.94. The maximum Gasteiger partial charge on any atom is 0.126 e. The number of hydrogen-bond acceptors (Lipinski definition) is 5. The second-order valence-electron chi connectivity index (χ2n) is 7.05. The first kappa shape index (κ1) is 17.1. The number of aromatic nitrogens is 5. The Balaban J connectivity index is 1.42. The number of H-pyrrole nitrogens is 1. The van der Waals surface area contributed by atoms with E-state index in [0.717, 1.165) is 53.6 Å². The molecule has 1 unspecified atom stereocenters. The molecule has 0 radical (unpaired) electrons. The zero-order chi connectivity index (χ0) is 18.9. The summed E-state index contributed by atoms with van der Waals surface area (Å²) in [7, 11) is 2.08. The molecule has 4 heterocycles. The van der Waals surface area contributed by atoms with Crippen molar-refractivity contribution in [3.63, 3.8) is 0 Å². The standard InChI is InChI=1S/C21H22N6O/c1-26-18-5-3-2-4-16(18)24-20(26)13-27-10-11-28-14-19(27)21-23-12-17(25-21)15-6-8-22-9-7-15/h2-9,12,19H,10-11,13-14H2,1H3,(H,23,25). The monoisotopic (exact) mass is 374 g/mol. The Labute approximate surface area is 163 Å². The van der Waals surface area contributed by atoms with Gasteiger partial charge in [-0.05, 0) is 24.3 Å². The van der Waals surface area contributed by atoms with Crippen molar-refractivity contribution in [2.75, 3.05) is 19.8 Å². The predicted molar refractivity (Wildman–Crippen MR) is 107 cm³/mol. The van der Waals surface area contributed by atoms with Crippen molar-refractivity contribution in [3.05, 3.63) is 66.6 Å². The van der Waals surface area contributed by atoms with E-state index in [1.807, 2.05) is 24.4 Å². The van der Waals surface area contributed by atoms with Crippen molar-refractivity contribution in [2.45, 2.75) is 12.6 Å². The summed E-state index contributed by atoms with van der Waals surface area (Å²) in [4.78, 5) is 19.4. The van der Waals surface area contributed by atoms with E-state index in [-0.39, 0.29) is 6.04 Å². The lowest BCUT2D eigenvalue weighted by Gasteiger charge is -2.34. The number of rotatable bonds is 4. The molecule has 7 nitrogen and oxygen atoms in total. The number of hydrogen-bond donors (Lipinski definition) is 1. The second kappa shape index (κ2) is 7.18. The first-order valence-electron chi connectivity index (χ1n) is 9.47. The molecule has 0 aliphatic carbocycles. The zero-order valence-electron chi connectivity index (χ0n) is 15.7. The van der Waals surface area contributed by atoms with Crippen LogP contribution in [-0.2, 0) is 18.3 Å². The number of nitrogens with one attached hydrogen (secondary N) is 1. The molecule has 1 atom stereocenters. The normalized spacial score (nSPS) is 18.0. The third-order valence-corrected chi connectivity index (χ3v) is 5.37. The van der Waals surface area contributed by atoms with Crippen LogP contribution >= 0.6 is 0 Å². The minimum absolute atomic E-state index is 0.0733. The largest absolute Gasteiger partial charge is 0.378 e. The first-order valence-corrected chi connectivity index (χ1v) is 9.47. The summed E-state index contributed by atoms with van der Waals surface area (Å²) in [5.41, 5.74) is 4.25. The van der Waals surface area contributed by atoms with Gasteiger partial charge in [-0.2, -0.15) is 0 Å². The fourth-order valence-electron chi connectivity index (χ4n) is 3.78. The highest BCUT2D eigenvalue weighted by Crippen LogP contribution is 2.27. The van der Waals surface area contributed by atoms with Crippen LogP contribution in [0, 0.1) is 0 Å². The maximum absolute atomic E-state index is 5.77. The number of aryl methyl sites for hydroxylation is 1. The van der Waals surface area contributed by atoms with E-state index in [1.165, 1.54) is 0 Å². The Morgan fingerprint density at radius 3 is 2.89 bits per heavy atom. The smallest absolute Gasteiger partial charge is 0.126 e. The van der Waals surface area contributed by atoms with Crippen LogP contribution in [-0.4, -0.2) is 49.2 Å². The van der Waals surface area contributed by atoms with Gasteiger partial charge >= 0.3 is 0 Å². The van der Waals surface area contributed by atoms with Crippen LogP contribution < -0.4 is 0 Å². The molecule has 4 aromatic rings. The Hall–Kier alpha value is -3.03. The average Bonchev–Trinajstić information content (AvgIpc) is 3.35. The molecule has 0 spiro atoms. The van der Waals surface area contributed by atoms with E-state index < -0.39 is 0 Å². The van der Waals surface area contributed by atoms with Gasteiger partial charge in [0.05, 0.1) is 48.7 Å². The second-order valence-corrected chi connectivity index (χ2v) is 7.05. The lowest BCUT2D eigenvalue weighted by atomic mass is 10.2. The average molecular weight is 374 g/mol. The number of aromatic amines is 1. The number of para-hydroxylation sites is 2. The summed E-state index contributed by atoms with van der Waals surface area (Å²) >= 11 is 0. The Kier molecular flexibility index (Phi) is 4.38. The topological polar surface area (TPSA) is 71.9 Å². The Morgan fingerprint density at radius 2 is 2.04 bits per heavy atom. The molecule has 5 rings (SSSR count). The molecule has 1 aromatic carbocycles. The minimum Gasteiger partial charge on any atom is -0.378 e. The molecule has 28 heavy (non-hydrogen) atoms. The molecule has 0 amide bonds. The molecule has 1 fully saturated rings. The van der Waals surface area contributed by atoms with Gasteiger partial charge < -0.3 is 14.3 Å². The predicted octanol–water partition coefficient (Wildman–Crippen LogP) is 2.93. The highest BCUT2D eigenvalue weighted by atomic mass is 16.5. The minimum atomic E-state index is 0.0733. The van der Waals surface area contributed by atoms with Crippen LogP contribution in [0.5, 0.6) is 0 Å². The van der Waals surface area contributed by atoms with Crippen LogP contribution in [0.4, 0.5) is 0 Å². The van der Waals surface area contributed by atoms with Crippen molar-refractivity contribution in [3.8, 4) is 11.3 Å². The van der Waals surface area contributed by atoms with E-state index in [1.54, 1.807) is 12.4 Å². The first-order chi connectivity index (χ1) is 13.8. The fourth-order valence-corrected chi connectivity index (χ4v) is 3.78. The third kappa shape index (κ3) is 3.08. The van der Waals surface area contributed by atoms with Gasteiger partial charge in [0.15, 0.2) is 0 Å². The molecule has 0 saturated carbocycles. The van der Waals surface area contributed by atoms with Gasteiger partial charge in [0.25, 0.3) is 0 Å². The van der Waals surface area contributed by atoms with Crippen LogP contribution in [0.2, 0.25) is 0 Å². The van der Waals surface area contributed by atoms with Gasteiger partial charge in [-0.25, -0.2) is 9.97 Å². The van der Waals surface area contributed by atoms with Gasteiger partial charge in [-0.15, -0.1) is 0 Å². The van der Waals surface area contributed by atoms with Gasteiger partial charge in [0.1, 0.15) is 11.6 Å². The van der Waals surface area contributed by atoms with Gasteiger partial charge in [-0.1, -0.05) is 12.1 Å². The number of ether oxygens (including phenoxy) is 1. The number of morpholine rings is 1. The summed E-state index contributed by atoms with van der Waals surface area (Å²) in [6.07, 6.45) is 5.46. The third-order valence-electron chi connectivity index (χ3n) is 5.37. The van der Waals surface area contributed by atoms with Crippen LogP contribution in [0.3, 0.4) is 0 Å². The van der Waals surface area contributed by atoms with E-state index in [4.69, 9.17) is 9.72 Å². The van der Waals surface area contributed by atoms with E-state index >= 15 is 0 Å². The van der Waals surface area contributed by atoms with Crippen molar-refractivity contribution < 1.29 is 4.74 Å². The number of fused-ring (bicyclic) bond motifs is 1. The molecule has 3 aromatic heterocycles. The zero-order valence-corrected chi connectivity index (χ0v) is 15.7. The van der Waals surface area contributed by atoms with Crippen molar-refractivity contribution in [2.24, 2.45) is 7.05 Å². The number of pyridine rings is 1. The summed E-state index contributed by atoms with van der Waals surface area (Å²) in [5.74, 6) is 1.97. The fraction of sp³-hybridized carbons (Fsp3) is 0.286. The quantitative estimate of drug-likeness (QED) is 0.595. The summed E-state index contributed by atoms with van der Waals surface area (Å²) in [5, 5.41) is 0. The highest BCUT2D eigenvalue weighted by molar-refractivity contribution is 5.75. The van der Waals surface area contributed by atoms with Crippen molar-refractivity contribution in [1.82, 2.24) is 29.4 Å². The lowest BCUT2D eigenvalue weighted by Crippen LogP contribution is -2.40. The van der Waals surface area contributed by atoms with Crippen molar-refractivity contribution >= 4 is 11.0 Å². The molecule has 1 aliphatic rings. The van der Waals surface area contributed by atoms with Gasteiger partial charge in [-0.3, -0.25) is 9.88 Å². The molecule has 0 bridgehead atoms. The SMILES string of the molecule is Cn1c(CN2CCOCC2c2ncc(-c3ccncc3)[nH]2)nc2ccccc21. The van der Waals surface area contributed by atoms with E-state index in [9.17, 15) is 0 Å². The molecule has 1 saturated heterocycles. The molecule has 1 aliphatic heterocycles. The molecular formula is C21H22N6O. The molecule has 1 N–H and O–H groups in total. The summed E-state index contributed by atoms with van der Waals surface area (Å²) < 4.78 is 7.94. The molecular weight excluding hydrogens is 352 g/mol. The lowest BCUT2D eigenvalue weighted by molar-refractivity contribution is -0.0170. The number of benzene rings is 1. The number of nitrogens with zero attached hydrogens (tertiary/aromatic N) is 5. The maximum atomic E-state index is 5.77. The number of imidazole rings is 2. The van der Waals surface area contributed by atoms with Crippen LogP contribution in [0.25, 0.3) is 22.3 Å². The highest BCUT2D eigenvalue weighted by Gasteiger charge is 2.28. The Morgan fingerprint density at radius 1 is 1.18 bits per heavy atom.